The highest BCUT2D eigenvalue weighted by Gasteiger charge is 2.18. The van der Waals surface area contributed by atoms with Crippen LogP contribution >= 0.6 is 0 Å². The molecule has 0 aliphatic carbocycles. The van der Waals surface area contributed by atoms with Crippen molar-refractivity contribution in [1.82, 2.24) is 14.8 Å². The standard InChI is InChI=1S/C14H19N5O2/c1-4-21-14(20)12-5-11(15)7-16-13(12)18(2)8-10-6-17-19(3)9-10/h5-7,9H,4,8,15H2,1-3H3. The highest BCUT2D eigenvalue weighted by molar-refractivity contribution is 5.95. The second kappa shape index (κ2) is 6.25. The maximum atomic E-state index is 12.0. The molecule has 0 saturated heterocycles. The van der Waals surface area contributed by atoms with Crippen molar-refractivity contribution >= 4 is 17.5 Å². The van der Waals surface area contributed by atoms with Crippen LogP contribution in [0.1, 0.15) is 22.8 Å². The van der Waals surface area contributed by atoms with Gasteiger partial charge in [-0.15, -0.1) is 0 Å². The number of nitrogens with zero attached hydrogens (tertiary/aromatic N) is 4. The third-order valence-corrected chi connectivity index (χ3v) is 2.92. The van der Waals surface area contributed by atoms with Crippen molar-refractivity contribution in [1.29, 1.82) is 0 Å². The van der Waals surface area contributed by atoms with E-state index in [1.807, 2.05) is 25.2 Å². The average Bonchev–Trinajstić information content (AvgIpc) is 2.84. The van der Waals surface area contributed by atoms with Gasteiger partial charge in [0.05, 0.1) is 24.7 Å². The molecule has 2 N–H and O–H groups in total. The highest BCUT2D eigenvalue weighted by Crippen LogP contribution is 2.21. The fourth-order valence-corrected chi connectivity index (χ4v) is 2.04. The number of aryl methyl sites for hydroxylation is 1. The minimum Gasteiger partial charge on any atom is -0.462 e. The van der Waals surface area contributed by atoms with E-state index in [4.69, 9.17) is 10.5 Å². The molecule has 7 nitrogen and oxygen atoms in total. The van der Waals surface area contributed by atoms with Crippen LogP contribution in [0.25, 0.3) is 0 Å². The number of esters is 1. The van der Waals surface area contributed by atoms with Gasteiger partial charge in [0.1, 0.15) is 11.4 Å². The molecule has 0 unspecified atom stereocenters. The predicted octanol–water partition coefficient (Wildman–Crippen LogP) is 1.21. The SMILES string of the molecule is CCOC(=O)c1cc(N)cnc1N(C)Cc1cnn(C)c1. The Kier molecular flexibility index (Phi) is 4.42. The van der Waals surface area contributed by atoms with Crippen LogP contribution in [0.2, 0.25) is 0 Å². The molecule has 0 saturated carbocycles. The molecule has 0 spiro atoms. The Morgan fingerprint density at radius 1 is 1.48 bits per heavy atom. The van der Waals surface area contributed by atoms with Crippen LogP contribution in [0.5, 0.6) is 0 Å². The summed E-state index contributed by atoms with van der Waals surface area (Å²) in [5.41, 5.74) is 7.53. The molecule has 0 aliphatic rings. The lowest BCUT2D eigenvalue weighted by Gasteiger charge is -2.20. The number of ether oxygens (including phenoxy) is 1. The van der Waals surface area contributed by atoms with Gasteiger partial charge in [0.25, 0.3) is 0 Å². The van der Waals surface area contributed by atoms with Crippen molar-refractivity contribution < 1.29 is 9.53 Å². The van der Waals surface area contributed by atoms with Gasteiger partial charge in [-0.2, -0.15) is 5.10 Å². The number of carbonyl (C=O) groups excluding carboxylic acids is 1. The fourth-order valence-electron chi connectivity index (χ4n) is 2.04. The van der Waals surface area contributed by atoms with Gasteiger partial charge in [-0.1, -0.05) is 0 Å². The molecule has 0 radical (unpaired) electrons. The molecule has 0 bridgehead atoms. The number of anilines is 2. The first kappa shape index (κ1) is 14.8. The van der Waals surface area contributed by atoms with Crippen molar-refractivity contribution in [2.24, 2.45) is 7.05 Å². The third-order valence-electron chi connectivity index (χ3n) is 2.92. The first-order valence-corrected chi connectivity index (χ1v) is 6.62. The zero-order chi connectivity index (χ0) is 15.4. The zero-order valence-electron chi connectivity index (χ0n) is 12.4. The zero-order valence-corrected chi connectivity index (χ0v) is 12.4. The van der Waals surface area contributed by atoms with Crippen LogP contribution in [0, 0.1) is 0 Å². The smallest absolute Gasteiger partial charge is 0.341 e. The number of pyridine rings is 1. The predicted molar refractivity (Wildman–Crippen MR) is 79.9 cm³/mol. The lowest BCUT2D eigenvalue weighted by Crippen LogP contribution is -2.21. The number of hydrogen-bond acceptors (Lipinski definition) is 6. The minimum absolute atomic E-state index is 0.305. The average molecular weight is 289 g/mol. The Morgan fingerprint density at radius 2 is 2.24 bits per heavy atom. The highest BCUT2D eigenvalue weighted by atomic mass is 16.5. The van der Waals surface area contributed by atoms with Crippen molar-refractivity contribution in [3.63, 3.8) is 0 Å². The quantitative estimate of drug-likeness (QED) is 0.833. The van der Waals surface area contributed by atoms with Crippen molar-refractivity contribution in [3.05, 3.63) is 35.8 Å². The van der Waals surface area contributed by atoms with Crippen LogP contribution in [-0.4, -0.2) is 34.4 Å². The molecule has 112 valence electrons. The summed E-state index contributed by atoms with van der Waals surface area (Å²) in [7, 11) is 3.71. The molecule has 0 amide bonds. The molecule has 0 aliphatic heterocycles. The summed E-state index contributed by atoms with van der Waals surface area (Å²) in [4.78, 5) is 18.1. The normalized spacial score (nSPS) is 10.4. The van der Waals surface area contributed by atoms with E-state index in [9.17, 15) is 4.79 Å². The summed E-state index contributed by atoms with van der Waals surface area (Å²) < 4.78 is 6.78. The number of hydrogen-bond donors (Lipinski definition) is 1. The molecule has 7 heteroatoms. The number of rotatable bonds is 5. The number of aromatic nitrogens is 3. The molecular formula is C14H19N5O2. The lowest BCUT2D eigenvalue weighted by atomic mass is 10.2. The van der Waals surface area contributed by atoms with E-state index < -0.39 is 5.97 Å². The Balaban J connectivity index is 2.27. The Labute approximate surface area is 123 Å². The van der Waals surface area contributed by atoms with E-state index in [1.54, 1.807) is 23.9 Å². The van der Waals surface area contributed by atoms with Gasteiger partial charge in [0.2, 0.25) is 0 Å². The van der Waals surface area contributed by atoms with Gasteiger partial charge < -0.3 is 15.4 Å². The van der Waals surface area contributed by atoms with E-state index in [0.717, 1.165) is 5.56 Å². The molecular weight excluding hydrogens is 270 g/mol. The Hall–Kier alpha value is -2.57. The maximum absolute atomic E-state index is 12.0. The maximum Gasteiger partial charge on any atom is 0.341 e. The third kappa shape index (κ3) is 3.50. The molecule has 21 heavy (non-hydrogen) atoms. The summed E-state index contributed by atoms with van der Waals surface area (Å²) >= 11 is 0. The molecule has 0 aromatic carbocycles. The molecule has 2 rings (SSSR count). The van der Waals surface area contributed by atoms with Crippen LogP contribution < -0.4 is 10.6 Å². The van der Waals surface area contributed by atoms with Gasteiger partial charge in [-0.3, -0.25) is 4.68 Å². The van der Waals surface area contributed by atoms with Crippen molar-refractivity contribution in [2.75, 3.05) is 24.3 Å². The van der Waals surface area contributed by atoms with E-state index >= 15 is 0 Å². The molecule has 0 atom stereocenters. The minimum atomic E-state index is -0.426. The lowest BCUT2D eigenvalue weighted by molar-refractivity contribution is 0.0526. The summed E-state index contributed by atoms with van der Waals surface area (Å²) in [5, 5.41) is 4.12. The Bertz CT molecular complexity index is 638. The first-order chi connectivity index (χ1) is 10.0. The fraction of sp³-hybridized carbons (Fsp3) is 0.357. The molecule has 2 heterocycles. The van der Waals surface area contributed by atoms with Crippen molar-refractivity contribution in [2.45, 2.75) is 13.5 Å². The van der Waals surface area contributed by atoms with E-state index in [0.29, 0.717) is 30.2 Å². The van der Waals surface area contributed by atoms with Crippen LogP contribution in [-0.2, 0) is 18.3 Å². The van der Waals surface area contributed by atoms with Crippen molar-refractivity contribution in [3.8, 4) is 0 Å². The first-order valence-electron chi connectivity index (χ1n) is 6.62. The summed E-state index contributed by atoms with van der Waals surface area (Å²) in [6.45, 7) is 2.65. The van der Waals surface area contributed by atoms with Gasteiger partial charge in [-0.05, 0) is 13.0 Å². The van der Waals surface area contributed by atoms with Gasteiger partial charge >= 0.3 is 5.97 Å². The van der Waals surface area contributed by atoms with Crippen LogP contribution in [0.4, 0.5) is 11.5 Å². The van der Waals surface area contributed by atoms with E-state index in [-0.39, 0.29) is 0 Å². The Morgan fingerprint density at radius 3 is 2.86 bits per heavy atom. The van der Waals surface area contributed by atoms with Crippen LogP contribution in [0.15, 0.2) is 24.7 Å². The summed E-state index contributed by atoms with van der Waals surface area (Å²) in [6.07, 6.45) is 5.22. The molecule has 0 fully saturated rings. The van der Waals surface area contributed by atoms with Gasteiger partial charge in [-0.25, -0.2) is 9.78 Å². The number of carbonyl (C=O) groups is 1. The molecule has 2 aromatic rings. The second-order valence-electron chi connectivity index (χ2n) is 4.74. The summed E-state index contributed by atoms with van der Waals surface area (Å²) in [5.74, 6) is 0.108. The van der Waals surface area contributed by atoms with E-state index in [1.165, 1.54) is 6.20 Å². The van der Waals surface area contributed by atoms with E-state index in [2.05, 4.69) is 10.1 Å². The molecule has 2 aromatic heterocycles. The summed E-state index contributed by atoms with van der Waals surface area (Å²) in [6, 6.07) is 1.58. The van der Waals surface area contributed by atoms with Gasteiger partial charge in [0, 0.05) is 32.4 Å². The van der Waals surface area contributed by atoms with Gasteiger partial charge in [0.15, 0.2) is 0 Å². The second-order valence-corrected chi connectivity index (χ2v) is 4.74. The largest absolute Gasteiger partial charge is 0.462 e. The topological polar surface area (TPSA) is 86.3 Å². The van der Waals surface area contributed by atoms with Crippen LogP contribution in [0.3, 0.4) is 0 Å². The number of nitrogens with two attached hydrogens (primary N) is 1. The monoisotopic (exact) mass is 289 g/mol. The number of nitrogen functional groups attached to an aromatic ring is 1.